The fourth-order valence-corrected chi connectivity index (χ4v) is 18.1. The van der Waals surface area contributed by atoms with E-state index in [9.17, 15) is 0 Å². The highest BCUT2D eigenvalue weighted by molar-refractivity contribution is 6.15. The van der Waals surface area contributed by atoms with Gasteiger partial charge in [0.2, 0.25) is 0 Å². The van der Waals surface area contributed by atoms with Gasteiger partial charge < -0.3 is 42.2 Å². The number of nitrogens with zero attached hydrogens (tertiary/aromatic N) is 14. The maximum Gasteiger partial charge on any atom is 0.178 e. The molecule has 23 rings (SSSR count). The number of anilines is 15. The Labute approximate surface area is 676 Å². The molecule has 4 aliphatic heterocycles. The Morgan fingerprint density at radius 2 is 0.513 bits per heavy atom. The lowest BCUT2D eigenvalue weighted by Crippen LogP contribution is -2.42. The summed E-state index contributed by atoms with van der Waals surface area (Å²) in [6.45, 7) is 21.7. The maximum absolute atomic E-state index is 6.40. The lowest BCUT2D eigenvalue weighted by Gasteiger charge is -2.32. The molecule has 11 aromatic carbocycles. The Bertz CT molecular complexity index is 6490. The van der Waals surface area contributed by atoms with Gasteiger partial charge in [0.05, 0.1) is 34.1 Å². The summed E-state index contributed by atoms with van der Waals surface area (Å²) in [4.78, 5) is 46.6. The van der Waals surface area contributed by atoms with E-state index in [1.807, 2.05) is 109 Å². The summed E-state index contributed by atoms with van der Waals surface area (Å²) in [6.07, 6.45) is 10.9. The van der Waals surface area contributed by atoms with Gasteiger partial charge in [-0.3, -0.25) is 14.7 Å². The fourth-order valence-electron chi connectivity index (χ4n) is 18.1. The normalized spacial score (nSPS) is 16.1. The molecule has 0 radical (unpaired) electrons. The quantitative estimate of drug-likeness (QED) is 0.141. The summed E-state index contributed by atoms with van der Waals surface area (Å²) < 4.78 is 25.5. The van der Waals surface area contributed by atoms with Gasteiger partial charge in [0.15, 0.2) is 57.2 Å². The number of hydrogen-bond donors (Lipinski definition) is 0. The van der Waals surface area contributed by atoms with Crippen LogP contribution in [0.2, 0.25) is 0 Å². The van der Waals surface area contributed by atoms with Crippen molar-refractivity contribution >= 4 is 174 Å². The molecule has 8 aromatic heterocycles. The number of para-hydroxylation sites is 7. The van der Waals surface area contributed by atoms with Gasteiger partial charge in [0, 0.05) is 103 Å². The molecule has 0 saturated carbocycles. The van der Waals surface area contributed by atoms with E-state index in [4.69, 9.17) is 32.6 Å². The molecular weight excluding hydrogens is 1450 g/mol. The van der Waals surface area contributed by atoms with Gasteiger partial charge in [-0.05, 0) is 176 Å². The molecule has 0 aliphatic carbocycles. The van der Waals surface area contributed by atoms with Gasteiger partial charge in [-0.15, -0.1) is 0 Å². The summed E-state index contributed by atoms with van der Waals surface area (Å²) in [7, 11) is 0. The zero-order valence-corrected chi connectivity index (χ0v) is 66.6. The molecule has 4 aliphatic rings. The first-order valence-corrected chi connectivity index (χ1v) is 39.9. The number of aryl methyl sites for hydroxylation is 4. The largest absolute Gasteiger partial charge is 0.454 e. The topological polar surface area (TPSA) is 156 Å². The fraction of sp³-hybridized carbons (Fsp3) is 0.152. The average molecular weight is 1530 g/mol. The smallest absolute Gasteiger partial charge is 0.178 e. The Hall–Kier alpha value is -14.5. The molecular formula is C99H84N14O4. The highest BCUT2D eigenvalue weighted by atomic mass is 16.3. The van der Waals surface area contributed by atoms with E-state index in [0.29, 0.717) is 6.04 Å². The van der Waals surface area contributed by atoms with Gasteiger partial charge in [-0.2, -0.15) is 0 Å². The van der Waals surface area contributed by atoms with Crippen molar-refractivity contribution in [2.75, 3.05) is 39.2 Å². The summed E-state index contributed by atoms with van der Waals surface area (Å²) in [5.74, 6) is 5.41. The van der Waals surface area contributed by atoms with E-state index in [1.54, 1.807) is 24.8 Å². The van der Waals surface area contributed by atoms with Crippen LogP contribution in [-0.4, -0.2) is 60.6 Å². The number of aromatic nitrogens is 6. The summed E-state index contributed by atoms with van der Waals surface area (Å²) in [6, 6.07) is 90.0. The standard InChI is InChI=1S/2C26H21N3O.C25H20N4O.C22H22N4O/c1-17-14-15-21-20-11-6-7-13-23(20)30-25(21)24(17)29-18(2)28(19-9-4-3-5-10-19)26-22(29)12-8-16-27-26;1-17-14-15-21-20-11-6-7-13-23(20)30-25(21)24(17)29-18(2)28(19-9-4-3-5-10-19)22-12-8-16-27-26(22)29;1-16-12-13-20-19-10-6-7-11-21(19)30-23(20)22(16)29-17(2)28(18-8-4-3-5-9-18)24-25(29)27-15-14-26-24;1-13(2)25-15(4)26(22-21(25)23-11-12-24-22)19-14(3)9-10-17-16-7-5-6-8-18(16)27-20(17)19/h2*3-16,18H,1-2H3;3-15,17H,1-2H3;5-13,15H,1-4H3. The van der Waals surface area contributed by atoms with Crippen molar-refractivity contribution in [2.24, 2.45) is 0 Å². The maximum atomic E-state index is 6.40. The Morgan fingerprint density at radius 3 is 0.906 bits per heavy atom. The number of fused-ring (bicyclic) bond motifs is 16. The first-order chi connectivity index (χ1) is 57.3. The third-order valence-corrected chi connectivity index (χ3v) is 23.3. The van der Waals surface area contributed by atoms with Crippen LogP contribution in [0.3, 0.4) is 0 Å². The van der Waals surface area contributed by atoms with E-state index in [2.05, 4.69) is 287 Å². The summed E-state index contributed by atoms with van der Waals surface area (Å²) in [5.41, 5.74) is 21.7. The molecule has 18 heteroatoms. The van der Waals surface area contributed by atoms with Crippen LogP contribution in [0.15, 0.2) is 316 Å². The minimum atomic E-state index is -0.0117. The third-order valence-electron chi connectivity index (χ3n) is 23.3. The van der Waals surface area contributed by atoms with Gasteiger partial charge in [-0.1, -0.05) is 176 Å². The molecule has 12 heterocycles. The second kappa shape index (κ2) is 28.8. The van der Waals surface area contributed by atoms with Crippen molar-refractivity contribution in [3.8, 4) is 0 Å². The number of pyridine rings is 2. The van der Waals surface area contributed by atoms with E-state index in [0.717, 1.165) is 185 Å². The molecule has 4 atom stereocenters. The van der Waals surface area contributed by atoms with Crippen LogP contribution >= 0.6 is 0 Å². The molecule has 19 aromatic rings. The highest BCUT2D eigenvalue weighted by Gasteiger charge is 2.44. The second-order valence-electron chi connectivity index (χ2n) is 30.5. The number of furan rings is 4. The van der Waals surface area contributed by atoms with Crippen LogP contribution in [0, 0.1) is 27.7 Å². The van der Waals surface area contributed by atoms with Gasteiger partial charge >= 0.3 is 0 Å². The van der Waals surface area contributed by atoms with Crippen molar-refractivity contribution in [3.63, 3.8) is 0 Å². The molecule has 117 heavy (non-hydrogen) atoms. The predicted molar refractivity (Wildman–Crippen MR) is 476 cm³/mol. The second-order valence-corrected chi connectivity index (χ2v) is 30.5. The van der Waals surface area contributed by atoms with Crippen molar-refractivity contribution < 1.29 is 17.7 Å². The van der Waals surface area contributed by atoms with Gasteiger partial charge in [0.1, 0.15) is 47.0 Å². The van der Waals surface area contributed by atoms with Crippen molar-refractivity contribution in [1.29, 1.82) is 0 Å². The van der Waals surface area contributed by atoms with E-state index in [-0.39, 0.29) is 24.7 Å². The lowest BCUT2D eigenvalue weighted by molar-refractivity contribution is 0.598. The average Bonchev–Trinajstić information content (AvgIpc) is 1.59. The first kappa shape index (κ1) is 71.5. The third kappa shape index (κ3) is 11.7. The highest BCUT2D eigenvalue weighted by Crippen LogP contribution is 2.55. The Kier molecular flexibility index (Phi) is 17.6. The SMILES string of the molecule is Cc1ccc2c(oc3ccccc32)c1N1c2cccnc2N(c2ccccc2)C1C.Cc1ccc2c(oc3ccccc32)c1N1c2ncccc2N(c2ccccc2)C1C.Cc1ccc2c(oc3ccccc32)c1N1c2nccnc2N(C(C)C)C1C.Cc1ccc2c(oc3ccccc32)c1N1c2nccnc2N(c2ccccc2)C1C. The first-order valence-electron chi connectivity index (χ1n) is 39.9. The molecule has 0 saturated heterocycles. The monoisotopic (exact) mass is 1530 g/mol. The molecule has 18 nitrogen and oxygen atoms in total. The molecule has 0 bridgehead atoms. The molecule has 0 amide bonds. The number of benzene rings is 11. The lowest BCUT2D eigenvalue weighted by atomic mass is 10.1. The predicted octanol–water partition coefficient (Wildman–Crippen LogP) is 25.6. The Morgan fingerprint density at radius 1 is 0.239 bits per heavy atom. The van der Waals surface area contributed by atoms with Crippen LogP contribution in [0.25, 0.3) is 87.8 Å². The minimum Gasteiger partial charge on any atom is -0.454 e. The minimum absolute atomic E-state index is 0.0117. The van der Waals surface area contributed by atoms with Crippen molar-refractivity contribution in [1.82, 2.24) is 29.9 Å². The van der Waals surface area contributed by atoms with Crippen molar-refractivity contribution in [3.05, 3.63) is 320 Å². The zero-order valence-electron chi connectivity index (χ0n) is 66.6. The van der Waals surface area contributed by atoms with Crippen LogP contribution < -0.4 is 39.2 Å². The molecule has 574 valence electrons. The molecule has 0 N–H and O–H groups in total. The summed E-state index contributed by atoms with van der Waals surface area (Å²) in [5, 5.41) is 9.07. The Balaban J connectivity index is 0.000000100. The van der Waals surface area contributed by atoms with Crippen molar-refractivity contribution in [2.45, 2.75) is 99.9 Å². The molecule has 4 unspecified atom stereocenters. The van der Waals surface area contributed by atoms with Crippen LogP contribution in [0.1, 0.15) is 63.8 Å². The van der Waals surface area contributed by atoms with Gasteiger partial charge in [0.25, 0.3) is 0 Å². The number of hydrogen-bond acceptors (Lipinski definition) is 18. The van der Waals surface area contributed by atoms with Gasteiger partial charge in [-0.25, -0.2) is 29.9 Å². The van der Waals surface area contributed by atoms with Crippen LogP contribution in [0.5, 0.6) is 0 Å². The molecule has 0 fully saturated rings. The van der Waals surface area contributed by atoms with Crippen LogP contribution in [-0.2, 0) is 0 Å². The van der Waals surface area contributed by atoms with E-state index >= 15 is 0 Å². The zero-order chi connectivity index (χ0) is 79.4. The summed E-state index contributed by atoms with van der Waals surface area (Å²) >= 11 is 0. The van der Waals surface area contributed by atoms with Crippen LogP contribution in [0.4, 0.5) is 86.1 Å². The molecule has 0 spiro atoms. The van der Waals surface area contributed by atoms with E-state index < -0.39 is 0 Å². The van der Waals surface area contributed by atoms with E-state index in [1.165, 1.54) is 11.1 Å². The number of rotatable bonds is 8.